The van der Waals surface area contributed by atoms with Crippen LogP contribution < -0.4 is 134 Å². The monoisotopic (exact) mass is 1450 g/mol. The van der Waals surface area contributed by atoms with E-state index in [9.17, 15) is 88.6 Å². The minimum absolute atomic E-state index is 0. The number of nitrogens with zero attached hydrogens (tertiary/aromatic N) is 9. The predicted molar refractivity (Wildman–Crippen MR) is 332 cm³/mol. The van der Waals surface area contributed by atoms with E-state index < -0.39 is 110 Å². The van der Waals surface area contributed by atoms with E-state index in [0.29, 0.717) is 16.7 Å². The van der Waals surface area contributed by atoms with Gasteiger partial charge in [-0.15, -0.1) is 0 Å². The van der Waals surface area contributed by atoms with Crippen molar-refractivity contribution in [2.45, 2.75) is 94.3 Å². The van der Waals surface area contributed by atoms with Crippen molar-refractivity contribution in [1.29, 1.82) is 0 Å². The molecule has 0 spiro atoms. The summed E-state index contributed by atoms with van der Waals surface area (Å²) in [7, 11) is 0. The van der Waals surface area contributed by atoms with Crippen LogP contribution in [0.4, 0.5) is 0 Å². The summed E-state index contributed by atoms with van der Waals surface area (Å²) < 4.78 is 36.6. The summed E-state index contributed by atoms with van der Waals surface area (Å²) in [6.07, 6.45) is 7.08. The van der Waals surface area contributed by atoms with Gasteiger partial charge in [0.25, 0.3) is 0 Å². The molecule has 6 aliphatic rings. The Hall–Kier alpha value is -7.85. The number of aryl methyl sites for hydroxylation is 3. The van der Waals surface area contributed by atoms with E-state index >= 15 is 0 Å². The topological polar surface area (TPSA) is 593 Å². The minimum Gasteiger partial charge on any atom is -0.669 e. The molecule has 102 heavy (non-hydrogen) atoms. The largest absolute Gasteiger partial charge is 1.00 e. The van der Waals surface area contributed by atoms with Crippen molar-refractivity contribution in [2.75, 3.05) is 39.3 Å². The third-order valence-corrected chi connectivity index (χ3v) is 16.6. The van der Waals surface area contributed by atoms with Gasteiger partial charge >= 0.3 is 145 Å². The number of fused-ring (bicyclic) bond motifs is 3. The van der Waals surface area contributed by atoms with Gasteiger partial charge in [-0.05, 0) is 54.2 Å². The van der Waals surface area contributed by atoms with Crippen molar-refractivity contribution in [3.8, 4) is 34.5 Å². The summed E-state index contributed by atoms with van der Waals surface area (Å²) in [4.78, 5) is 122. The Morgan fingerprint density at radius 3 is 0.873 bits per heavy atom. The number of aliphatic carboxylic acids is 3. The van der Waals surface area contributed by atoms with Gasteiger partial charge in [0.2, 0.25) is 17.7 Å². The van der Waals surface area contributed by atoms with Gasteiger partial charge in [0.05, 0.1) is 92.6 Å². The standard InChI is InChI=1S/3C19H22BN4O9.3Na/c3*21-16(12-7-23(9-22-12)8-14(25)26)18(27)24-5-11(6-24)32-13-2-1-10-3-4-20(30,31)33-17(10)15(13)19(28)29;;;/h3*1-2,7,9,11,16,30-31H,3-6,8,21H2,(H,25,26)(H,28,29);;;/q3*-1;3*+1. The number of ether oxygens (including phenoxy) is 3. The van der Waals surface area contributed by atoms with Crippen molar-refractivity contribution in [3.05, 3.63) is 124 Å². The van der Waals surface area contributed by atoms with Gasteiger partial charge in [-0.25, -0.2) is 29.3 Å². The minimum atomic E-state index is -3.15. The van der Waals surface area contributed by atoms with E-state index in [1.165, 1.54) is 84.2 Å². The smallest absolute Gasteiger partial charge is 0.669 e. The molecule has 6 aliphatic heterocycles. The molecule has 9 heterocycles. The molecule has 12 rings (SSSR count). The summed E-state index contributed by atoms with van der Waals surface area (Å²) in [6, 6.07) is 5.99. The summed E-state index contributed by atoms with van der Waals surface area (Å²) in [5.74, 6) is -8.95. The predicted octanol–water partition coefficient (Wildman–Crippen LogP) is -12.5. The van der Waals surface area contributed by atoms with Gasteiger partial charge in [-0.2, -0.15) is 0 Å². The molecule has 0 saturated carbocycles. The van der Waals surface area contributed by atoms with E-state index in [0.717, 1.165) is 0 Å². The van der Waals surface area contributed by atoms with Crippen LogP contribution in [0.3, 0.4) is 0 Å². The second-order valence-electron chi connectivity index (χ2n) is 24.2. The van der Waals surface area contributed by atoms with Crippen LogP contribution >= 0.6 is 0 Å². The summed E-state index contributed by atoms with van der Waals surface area (Å²) >= 11 is 0. The van der Waals surface area contributed by atoms with Crippen molar-refractivity contribution in [2.24, 2.45) is 17.2 Å². The second-order valence-corrected chi connectivity index (χ2v) is 24.2. The molecule has 3 saturated heterocycles. The number of likely N-dealkylation sites (tertiary alicyclic amines) is 3. The Balaban J connectivity index is 0.000000211. The maximum absolute atomic E-state index is 12.6. The number of carboxylic acids is 6. The van der Waals surface area contributed by atoms with Crippen LogP contribution in [0.25, 0.3) is 0 Å². The number of carbonyl (C=O) groups is 9. The molecule has 18 N–H and O–H groups in total. The van der Waals surface area contributed by atoms with Crippen molar-refractivity contribution in [3.63, 3.8) is 0 Å². The number of carbonyl (C=O) groups excluding carboxylic acids is 3. The fraction of sp³-hybridized carbons (Fsp3) is 0.368. The van der Waals surface area contributed by atoms with Gasteiger partial charge in [-0.1, -0.05) is 37.2 Å². The first-order valence-electron chi connectivity index (χ1n) is 30.5. The number of amides is 3. The SMILES string of the molecule is NC(C(=O)N1CC(Oc2ccc3c(c2C(=O)O)O[B-](O)(O)CC3)C1)c1cn(CC(=O)O)cn1.NC(C(=O)N1CC(Oc2ccc3c(c2C(=O)O)O[B-](O)(O)CC3)C1)c1cn(CC(=O)O)cn1.NC(C(=O)N1CC(Oc2ccc3c(c2C(=O)O)O[B-](O)(O)CC3)C1)c1cn(CC(=O)O)cn1.[Na+].[Na+].[Na+]. The maximum Gasteiger partial charge on any atom is 1.00 e. The number of aromatic carboxylic acids is 3. The van der Waals surface area contributed by atoms with Gasteiger partial charge in [0.15, 0.2) is 0 Å². The molecule has 39 nitrogen and oxygen atoms in total. The third kappa shape index (κ3) is 19.3. The quantitative estimate of drug-likeness (QED) is 0.0298. The number of hydrogen-bond acceptors (Lipinski definition) is 27. The molecule has 3 unspecified atom stereocenters. The van der Waals surface area contributed by atoms with E-state index in [4.69, 9.17) is 60.7 Å². The van der Waals surface area contributed by atoms with Crippen LogP contribution in [-0.4, -0.2) is 236 Å². The fourth-order valence-electron chi connectivity index (χ4n) is 11.4. The Morgan fingerprint density at radius 1 is 0.422 bits per heavy atom. The number of aromatic nitrogens is 6. The van der Waals surface area contributed by atoms with Crippen LogP contribution in [0.1, 0.15) is 83.0 Å². The van der Waals surface area contributed by atoms with E-state index in [1.54, 1.807) is 18.2 Å². The van der Waals surface area contributed by atoms with E-state index in [-0.39, 0.29) is 254 Å². The molecular weight excluding hydrogens is 1390 g/mol. The molecule has 3 aromatic heterocycles. The Bertz CT molecular complexity index is 3770. The molecule has 0 radical (unpaired) electrons. The Morgan fingerprint density at radius 2 is 0.657 bits per heavy atom. The Labute approximate surface area is 642 Å². The first-order chi connectivity index (χ1) is 46.6. The zero-order valence-electron chi connectivity index (χ0n) is 55.0. The third-order valence-electron chi connectivity index (χ3n) is 16.6. The maximum atomic E-state index is 12.6. The molecule has 45 heteroatoms. The Kier molecular flexibility index (Phi) is 26.6. The van der Waals surface area contributed by atoms with Crippen LogP contribution in [0.2, 0.25) is 19.0 Å². The van der Waals surface area contributed by atoms with Crippen molar-refractivity contribution < 1.29 is 221 Å². The zero-order valence-corrected chi connectivity index (χ0v) is 61.0. The van der Waals surface area contributed by atoms with Crippen LogP contribution in [0, 0.1) is 0 Å². The molecule has 3 fully saturated rings. The summed E-state index contributed by atoms with van der Waals surface area (Å²) in [5, 5.41) is 114. The normalized spacial score (nSPS) is 17.4. The first-order valence-corrected chi connectivity index (χ1v) is 30.5. The average molecular weight is 1450 g/mol. The molecule has 3 aromatic carbocycles. The number of imidazole rings is 3. The molecule has 3 atom stereocenters. The second kappa shape index (κ2) is 33.3. The molecular formula is C57H66B3N12Na3O27. The van der Waals surface area contributed by atoms with Gasteiger partial charge in [0, 0.05) is 18.6 Å². The van der Waals surface area contributed by atoms with E-state index in [1.807, 2.05) is 0 Å². The molecule has 528 valence electrons. The first kappa shape index (κ1) is 81.5. The number of hydrogen-bond donors (Lipinski definition) is 15. The van der Waals surface area contributed by atoms with Crippen LogP contribution in [-0.2, 0) is 67.7 Å². The van der Waals surface area contributed by atoms with Crippen molar-refractivity contribution >= 4 is 73.8 Å². The molecule has 0 aliphatic carbocycles. The summed E-state index contributed by atoms with van der Waals surface area (Å²) in [6.45, 7) is -9.49. The fourth-order valence-corrected chi connectivity index (χ4v) is 11.4. The molecule has 6 aromatic rings. The number of carboxylic acid groups (broad SMARTS) is 6. The molecule has 0 bridgehead atoms. The van der Waals surface area contributed by atoms with Gasteiger partial charge in [0.1, 0.15) is 90.0 Å². The summed E-state index contributed by atoms with van der Waals surface area (Å²) in [5.41, 5.74) is 19.2. The van der Waals surface area contributed by atoms with E-state index in [2.05, 4.69) is 15.0 Å². The van der Waals surface area contributed by atoms with Gasteiger partial charge < -0.3 is 135 Å². The zero-order chi connectivity index (χ0) is 71.7. The van der Waals surface area contributed by atoms with Gasteiger partial charge in [-0.3, -0.25) is 28.8 Å². The van der Waals surface area contributed by atoms with Crippen LogP contribution in [0.5, 0.6) is 34.5 Å². The number of rotatable bonds is 21. The average Bonchev–Trinajstić information content (AvgIpc) is 0.981. The molecule has 3 amide bonds. The van der Waals surface area contributed by atoms with Crippen LogP contribution in [0.15, 0.2) is 74.0 Å². The number of benzene rings is 3. The van der Waals surface area contributed by atoms with Crippen molar-refractivity contribution in [1.82, 2.24) is 43.4 Å². The number of nitrogens with two attached hydrogens (primary N) is 3.